The van der Waals surface area contributed by atoms with Crippen LogP contribution >= 0.6 is 0 Å². The van der Waals surface area contributed by atoms with E-state index in [1.165, 1.54) is 0 Å². The Bertz CT molecular complexity index is 2050. The van der Waals surface area contributed by atoms with Crippen LogP contribution in [0.4, 0.5) is 14.4 Å². The van der Waals surface area contributed by atoms with Crippen molar-refractivity contribution in [3.63, 3.8) is 0 Å². The molecule has 0 saturated carbocycles. The third-order valence-electron chi connectivity index (χ3n) is 11.8. The summed E-state index contributed by atoms with van der Waals surface area (Å²) in [5.74, 6) is 0. The summed E-state index contributed by atoms with van der Waals surface area (Å²) in [7, 11) is 0. The Morgan fingerprint density at radius 1 is 0.333 bits per heavy atom. The molecular formula is C60H90N6O6. The van der Waals surface area contributed by atoms with Crippen molar-refractivity contribution in [1.82, 2.24) is 31.9 Å². The summed E-state index contributed by atoms with van der Waals surface area (Å²) in [4.78, 5) is 42.3. The zero-order valence-electron chi connectivity index (χ0n) is 46.6. The molecule has 6 amide bonds. The fourth-order valence-electron chi connectivity index (χ4n) is 10.5. The first-order valence-electron chi connectivity index (χ1n) is 25.7. The van der Waals surface area contributed by atoms with Gasteiger partial charge in [-0.2, -0.15) is 0 Å². The van der Waals surface area contributed by atoms with Crippen LogP contribution in [0, 0.1) is 16.2 Å². The van der Waals surface area contributed by atoms with Gasteiger partial charge in [0.15, 0.2) is 0 Å². The average molecular weight is 991 g/mol. The lowest BCUT2D eigenvalue weighted by molar-refractivity contribution is 0.0964. The molecule has 0 spiro atoms. The molecule has 0 unspecified atom stereocenters. The minimum absolute atomic E-state index is 0.0337. The molecule has 6 N–H and O–H groups in total. The third-order valence-corrected chi connectivity index (χ3v) is 11.8. The lowest BCUT2D eigenvalue weighted by atomic mass is 9.82. The summed E-state index contributed by atoms with van der Waals surface area (Å²) in [5.41, 5.74) is 5.99. The molecule has 0 bridgehead atoms. The molecule has 0 fully saturated rings. The van der Waals surface area contributed by atoms with Crippen LogP contribution in [0.25, 0.3) is 0 Å². The maximum absolute atomic E-state index is 14.1. The summed E-state index contributed by atoms with van der Waals surface area (Å²) in [6.45, 7) is 33.2. The van der Waals surface area contributed by atoms with E-state index in [4.69, 9.17) is 14.2 Å². The highest BCUT2D eigenvalue weighted by Crippen LogP contribution is 2.34. The first kappa shape index (κ1) is 59.1. The molecule has 396 valence electrons. The average Bonchev–Trinajstić information content (AvgIpc) is 3.23. The van der Waals surface area contributed by atoms with Gasteiger partial charge < -0.3 is 46.1 Å². The Hall–Kier alpha value is -5.43. The minimum Gasteiger partial charge on any atom is -0.372 e. The van der Waals surface area contributed by atoms with Gasteiger partial charge in [-0.1, -0.05) is 153 Å². The second kappa shape index (κ2) is 26.0. The zero-order chi connectivity index (χ0) is 53.4. The first-order chi connectivity index (χ1) is 33.5. The van der Waals surface area contributed by atoms with Crippen molar-refractivity contribution in [3.05, 3.63) is 141 Å². The van der Waals surface area contributed by atoms with E-state index in [1.807, 2.05) is 133 Å². The van der Waals surface area contributed by atoms with E-state index in [2.05, 4.69) is 94.2 Å². The van der Waals surface area contributed by atoms with Crippen molar-refractivity contribution in [2.45, 2.75) is 199 Å². The van der Waals surface area contributed by atoms with Gasteiger partial charge in [0.05, 0.1) is 39.6 Å². The van der Waals surface area contributed by atoms with Crippen molar-refractivity contribution in [1.29, 1.82) is 0 Å². The van der Waals surface area contributed by atoms with Crippen molar-refractivity contribution < 1.29 is 28.6 Å². The van der Waals surface area contributed by atoms with Crippen LogP contribution in [0.3, 0.4) is 0 Å². The second-order valence-electron chi connectivity index (χ2n) is 25.1. The number of hydrogen-bond donors (Lipinski definition) is 6. The normalized spacial score (nSPS) is 12.5. The zero-order valence-corrected chi connectivity index (χ0v) is 46.6. The van der Waals surface area contributed by atoms with Crippen LogP contribution in [0.1, 0.15) is 173 Å². The fraction of sp³-hybridized carbons (Fsp3) is 0.550. The number of urea groups is 3. The van der Waals surface area contributed by atoms with Gasteiger partial charge in [0.25, 0.3) is 0 Å². The maximum Gasteiger partial charge on any atom is 0.315 e. The Morgan fingerprint density at radius 3 is 0.764 bits per heavy atom. The largest absolute Gasteiger partial charge is 0.372 e. The van der Waals surface area contributed by atoms with Crippen molar-refractivity contribution >= 4 is 18.1 Å². The van der Waals surface area contributed by atoms with Crippen LogP contribution < -0.4 is 31.9 Å². The molecule has 72 heavy (non-hydrogen) atoms. The highest BCUT2D eigenvalue weighted by atomic mass is 16.5. The number of carbonyl (C=O) groups is 3. The minimum atomic E-state index is -0.516. The van der Waals surface area contributed by atoms with Crippen molar-refractivity contribution in [3.8, 4) is 0 Å². The summed E-state index contributed by atoms with van der Waals surface area (Å²) >= 11 is 0. The van der Waals surface area contributed by atoms with Crippen LogP contribution in [-0.2, 0) is 73.5 Å². The van der Waals surface area contributed by atoms with E-state index in [0.29, 0.717) is 19.8 Å². The summed E-state index contributed by atoms with van der Waals surface area (Å²) in [6.07, 6.45) is 2.24. The Morgan fingerprint density at radius 2 is 0.556 bits per heavy atom. The smallest absolute Gasteiger partial charge is 0.315 e. The standard InChI is InChI=1S/C60H90N6O6/c1-55(2,3)40-58(10,11)64-52(67)61-31-46-49(37-70-34-43-25-19-16-20-26-43)47(32-62-53(68)65-59(12,13)41-56(4,5)6)51(39-72-36-45-29-23-18-24-30-45)48(50(46)38-71-35-44-27-21-17-22-28-44)33-63-54(69)66-60(14,15)42-57(7,8)9/h16-30H,31-42H2,1-15H3,(H2,61,64,67)(H2,62,65,68)(H2,63,66,69). The van der Waals surface area contributed by atoms with E-state index in [1.54, 1.807) is 0 Å². The Kier molecular flexibility index (Phi) is 21.3. The van der Waals surface area contributed by atoms with Gasteiger partial charge in [-0.05, 0) is 127 Å². The molecule has 0 radical (unpaired) electrons. The second-order valence-corrected chi connectivity index (χ2v) is 25.1. The number of rotatable bonds is 24. The number of nitrogens with one attached hydrogen (secondary N) is 6. The molecule has 0 aliphatic rings. The summed E-state index contributed by atoms with van der Waals surface area (Å²) in [6, 6.07) is 29.0. The van der Waals surface area contributed by atoms with Crippen LogP contribution in [0.2, 0.25) is 0 Å². The monoisotopic (exact) mass is 991 g/mol. The van der Waals surface area contributed by atoms with Gasteiger partial charge in [-0.3, -0.25) is 0 Å². The highest BCUT2D eigenvalue weighted by molar-refractivity contribution is 5.76. The van der Waals surface area contributed by atoms with Crippen LogP contribution in [-0.4, -0.2) is 34.7 Å². The van der Waals surface area contributed by atoms with Crippen LogP contribution in [0.5, 0.6) is 0 Å². The van der Waals surface area contributed by atoms with Crippen molar-refractivity contribution in [2.24, 2.45) is 16.2 Å². The molecule has 12 nitrogen and oxygen atoms in total. The highest BCUT2D eigenvalue weighted by Gasteiger charge is 2.32. The van der Waals surface area contributed by atoms with E-state index in [9.17, 15) is 14.4 Å². The number of carbonyl (C=O) groups excluding carboxylic acids is 3. The van der Waals surface area contributed by atoms with Crippen molar-refractivity contribution in [2.75, 3.05) is 0 Å². The molecule has 4 rings (SSSR count). The van der Waals surface area contributed by atoms with Gasteiger partial charge in [0.2, 0.25) is 0 Å². The maximum atomic E-state index is 14.1. The molecule has 0 aliphatic carbocycles. The topological polar surface area (TPSA) is 151 Å². The van der Waals surface area contributed by atoms with E-state index < -0.39 is 16.6 Å². The number of amides is 6. The lowest BCUT2D eigenvalue weighted by Gasteiger charge is -2.34. The Labute approximate surface area is 433 Å². The predicted molar refractivity (Wildman–Crippen MR) is 292 cm³/mol. The van der Waals surface area contributed by atoms with Gasteiger partial charge in [0.1, 0.15) is 0 Å². The molecule has 4 aromatic carbocycles. The quantitative estimate of drug-likeness (QED) is 0.0411. The fourth-order valence-corrected chi connectivity index (χ4v) is 10.5. The van der Waals surface area contributed by atoms with Gasteiger partial charge in [-0.25, -0.2) is 14.4 Å². The van der Waals surface area contributed by atoms with E-state index >= 15 is 0 Å². The van der Waals surface area contributed by atoms with Crippen LogP contribution in [0.15, 0.2) is 91.0 Å². The molecule has 4 aromatic rings. The molecule has 0 aromatic heterocycles. The molecule has 12 heteroatoms. The molecular weight excluding hydrogens is 901 g/mol. The molecule has 0 aliphatic heterocycles. The predicted octanol–water partition coefficient (Wildman–Crippen LogP) is 12.9. The molecule has 0 atom stereocenters. The summed E-state index contributed by atoms with van der Waals surface area (Å²) < 4.78 is 19.9. The van der Waals surface area contributed by atoms with E-state index in [0.717, 1.165) is 69.3 Å². The van der Waals surface area contributed by atoms with E-state index in [-0.39, 0.29) is 73.8 Å². The molecule has 0 heterocycles. The molecule has 0 saturated heterocycles. The number of benzene rings is 4. The lowest BCUT2D eigenvalue weighted by Crippen LogP contribution is -2.50. The first-order valence-corrected chi connectivity index (χ1v) is 25.7. The number of ether oxygens (including phenoxy) is 3. The Balaban J connectivity index is 1.98. The summed E-state index contributed by atoms with van der Waals surface area (Å²) in [5, 5.41) is 19.3. The van der Waals surface area contributed by atoms with Gasteiger partial charge >= 0.3 is 18.1 Å². The third kappa shape index (κ3) is 22.1. The SMILES string of the molecule is CC(C)(C)CC(C)(C)NC(=O)NCc1c(COCc2ccccc2)c(CNC(=O)NC(C)(C)CC(C)(C)C)c(COCc2ccccc2)c(CNC(=O)NC(C)(C)CC(C)(C)C)c1COCc1ccccc1. The number of hydrogen-bond acceptors (Lipinski definition) is 6. The van der Waals surface area contributed by atoms with Gasteiger partial charge in [-0.15, -0.1) is 0 Å². The van der Waals surface area contributed by atoms with Gasteiger partial charge in [0, 0.05) is 36.3 Å².